The van der Waals surface area contributed by atoms with Crippen LogP contribution in [0.25, 0.3) is 0 Å². The Bertz CT molecular complexity index is 518. The highest BCUT2D eigenvalue weighted by Gasteiger charge is 2.38. The number of carbonyl (C=O) groups excluding carboxylic acids is 3. The van der Waals surface area contributed by atoms with Crippen molar-refractivity contribution in [2.45, 2.75) is 39.7 Å². The van der Waals surface area contributed by atoms with Crippen LogP contribution in [0.4, 0.5) is 0 Å². The molecule has 1 fully saturated rings. The zero-order valence-electron chi connectivity index (χ0n) is 12.8. The van der Waals surface area contributed by atoms with Gasteiger partial charge in [-0.15, -0.1) is 0 Å². The van der Waals surface area contributed by atoms with Gasteiger partial charge in [0.05, 0.1) is 0 Å². The van der Waals surface area contributed by atoms with E-state index in [1.165, 1.54) is 11.0 Å². The Hall–Kier alpha value is -2.17. The highest BCUT2D eigenvalue weighted by atomic mass is 16.2. The molecule has 2 aliphatic heterocycles. The van der Waals surface area contributed by atoms with Gasteiger partial charge in [0.2, 0.25) is 11.8 Å². The van der Waals surface area contributed by atoms with E-state index in [0.717, 1.165) is 5.57 Å². The molecule has 0 aromatic rings. The summed E-state index contributed by atoms with van der Waals surface area (Å²) in [4.78, 5) is 36.7. The fraction of sp³-hybridized carbons (Fsp3) is 0.438. The monoisotopic (exact) mass is 290 g/mol. The first kappa shape index (κ1) is 16.9. The standard InChI is InChI=1S/C14H16N2O3.C2H6/c1-3-5-9-8-16(14(19)10(9)4-2)11-6-7-12(17)15-13(11)18;1-2/h3-5,11H,2,6-8H2,1H3,(H,15,17,18);1-2H3/b5-3-;. The summed E-state index contributed by atoms with van der Waals surface area (Å²) in [5.74, 6) is -0.870. The molecule has 1 saturated heterocycles. The Kier molecular flexibility index (Phi) is 6.09. The van der Waals surface area contributed by atoms with E-state index in [-0.39, 0.29) is 18.2 Å². The average Bonchev–Trinajstić information content (AvgIpc) is 2.78. The SMILES string of the molecule is C=CC1=C(/C=C\C)CN(C2CCC(=O)NC2=O)C1=O.CC. The zero-order valence-corrected chi connectivity index (χ0v) is 12.8. The molecule has 0 bridgehead atoms. The smallest absolute Gasteiger partial charge is 0.255 e. The fourth-order valence-electron chi connectivity index (χ4n) is 2.43. The van der Waals surface area contributed by atoms with Gasteiger partial charge >= 0.3 is 0 Å². The van der Waals surface area contributed by atoms with Gasteiger partial charge in [0.25, 0.3) is 5.91 Å². The van der Waals surface area contributed by atoms with Crippen LogP contribution in [0.15, 0.2) is 36.0 Å². The highest BCUT2D eigenvalue weighted by Crippen LogP contribution is 2.25. The number of carbonyl (C=O) groups is 3. The molecule has 3 amide bonds. The van der Waals surface area contributed by atoms with Crippen molar-refractivity contribution < 1.29 is 14.4 Å². The van der Waals surface area contributed by atoms with Gasteiger partial charge in [0.1, 0.15) is 6.04 Å². The molecule has 0 aliphatic carbocycles. The largest absolute Gasteiger partial charge is 0.322 e. The van der Waals surface area contributed by atoms with E-state index in [0.29, 0.717) is 18.5 Å². The lowest BCUT2D eigenvalue weighted by Crippen LogP contribution is -2.53. The summed E-state index contributed by atoms with van der Waals surface area (Å²) in [5, 5.41) is 2.27. The van der Waals surface area contributed by atoms with Crippen molar-refractivity contribution in [3.63, 3.8) is 0 Å². The summed E-state index contributed by atoms with van der Waals surface area (Å²) >= 11 is 0. The molecule has 2 rings (SSSR count). The molecule has 5 nitrogen and oxygen atoms in total. The maximum Gasteiger partial charge on any atom is 0.255 e. The van der Waals surface area contributed by atoms with Gasteiger partial charge in [-0.1, -0.05) is 38.7 Å². The quantitative estimate of drug-likeness (QED) is 0.805. The normalized spacial score (nSPS) is 22.3. The van der Waals surface area contributed by atoms with Crippen LogP contribution in [0, 0.1) is 0 Å². The first-order chi connectivity index (χ1) is 10.1. The maximum atomic E-state index is 12.2. The number of imide groups is 1. The van der Waals surface area contributed by atoms with Crippen molar-refractivity contribution in [2.75, 3.05) is 6.54 Å². The van der Waals surface area contributed by atoms with E-state index in [1.807, 2.05) is 32.9 Å². The predicted octanol–water partition coefficient (Wildman–Crippen LogP) is 1.72. The van der Waals surface area contributed by atoms with E-state index in [1.54, 1.807) is 0 Å². The molecular weight excluding hydrogens is 268 g/mol. The molecule has 114 valence electrons. The van der Waals surface area contributed by atoms with Crippen molar-refractivity contribution in [1.82, 2.24) is 10.2 Å². The number of amides is 3. The number of piperidine rings is 1. The molecule has 5 heteroatoms. The van der Waals surface area contributed by atoms with E-state index in [2.05, 4.69) is 11.9 Å². The minimum Gasteiger partial charge on any atom is -0.322 e. The topological polar surface area (TPSA) is 66.5 Å². The Morgan fingerprint density at radius 3 is 2.48 bits per heavy atom. The van der Waals surface area contributed by atoms with Crippen LogP contribution in [-0.2, 0) is 14.4 Å². The number of nitrogens with one attached hydrogen (secondary N) is 1. The molecule has 0 aromatic heterocycles. The Balaban J connectivity index is 0.00000106. The van der Waals surface area contributed by atoms with Gasteiger partial charge in [0.15, 0.2) is 0 Å². The number of hydrogen-bond donors (Lipinski definition) is 1. The molecule has 0 aromatic carbocycles. The second kappa shape index (κ2) is 7.57. The number of nitrogens with zero attached hydrogens (tertiary/aromatic N) is 1. The highest BCUT2D eigenvalue weighted by molar-refractivity contribution is 6.06. The molecule has 1 N–H and O–H groups in total. The van der Waals surface area contributed by atoms with Gasteiger partial charge in [-0.25, -0.2) is 0 Å². The minimum absolute atomic E-state index is 0.197. The first-order valence-corrected chi connectivity index (χ1v) is 7.21. The van der Waals surface area contributed by atoms with Crippen molar-refractivity contribution in [2.24, 2.45) is 0 Å². The Morgan fingerprint density at radius 2 is 1.95 bits per heavy atom. The van der Waals surface area contributed by atoms with Crippen LogP contribution in [0.5, 0.6) is 0 Å². The lowest BCUT2D eigenvalue weighted by molar-refractivity contribution is -0.142. The molecule has 0 saturated carbocycles. The van der Waals surface area contributed by atoms with E-state index < -0.39 is 11.9 Å². The van der Waals surface area contributed by atoms with Gasteiger partial charge in [0, 0.05) is 18.5 Å². The van der Waals surface area contributed by atoms with Crippen LogP contribution in [0.3, 0.4) is 0 Å². The third-order valence-electron chi connectivity index (χ3n) is 3.34. The molecule has 0 spiro atoms. The summed E-state index contributed by atoms with van der Waals surface area (Å²) in [6.45, 7) is 9.90. The summed E-state index contributed by atoms with van der Waals surface area (Å²) in [6.07, 6.45) is 5.86. The Morgan fingerprint density at radius 1 is 1.29 bits per heavy atom. The van der Waals surface area contributed by atoms with E-state index in [9.17, 15) is 14.4 Å². The van der Waals surface area contributed by atoms with E-state index in [4.69, 9.17) is 0 Å². The Labute approximate surface area is 125 Å². The van der Waals surface area contributed by atoms with Gasteiger partial charge < -0.3 is 4.90 Å². The van der Waals surface area contributed by atoms with Crippen molar-refractivity contribution in [3.8, 4) is 0 Å². The molecule has 21 heavy (non-hydrogen) atoms. The summed E-state index contributed by atoms with van der Waals surface area (Å²) in [7, 11) is 0. The van der Waals surface area contributed by atoms with Crippen LogP contribution in [0.1, 0.15) is 33.6 Å². The average molecular weight is 290 g/mol. The van der Waals surface area contributed by atoms with Crippen LogP contribution >= 0.6 is 0 Å². The maximum absolute atomic E-state index is 12.2. The summed E-state index contributed by atoms with van der Waals surface area (Å²) < 4.78 is 0. The lowest BCUT2D eigenvalue weighted by atomic mass is 10.0. The summed E-state index contributed by atoms with van der Waals surface area (Å²) in [6, 6.07) is -0.567. The first-order valence-electron chi connectivity index (χ1n) is 7.21. The van der Waals surface area contributed by atoms with Gasteiger partial charge in [-0.2, -0.15) is 0 Å². The van der Waals surface area contributed by atoms with Crippen molar-refractivity contribution in [1.29, 1.82) is 0 Å². The van der Waals surface area contributed by atoms with Crippen molar-refractivity contribution >= 4 is 17.7 Å². The van der Waals surface area contributed by atoms with Gasteiger partial charge in [-0.05, 0) is 18.9 Å². The molecule has 1 unspecified atom stereocenters. The molecular formula is C16H22N2O3. The van der Waals surface area contributed by atoms with Crippen LogP contribution in [-0.4, -0.2) is 35.2 Å². The number of allylic oxidation sites excluding steroid dienone is 1. The molecule has 2 heterocycles. The van der Waals surface area contributed by atoms with Crippen molar-refractivity contribution in [3.05, 3.63) is 36.0 Å². The lowest BCUT2D eigenvalue weighted by Gasteiger charge is -2.29. The molecule has 1 atom stereocenters. The minimum atomic E-state index is -0.567. The van der Waals surface area contributed by atoms with Crippen LogP contribution < -0.4 is 5.32 Å². The fourth-order valence-corrected chi connectivity index (χ4v) is 2.43. The number of hydrogen-bond acceptors (Lipinski definition) is 3. The molecule has 0 radical (unpaired) electrons. The third kappa shape index (κ3) is 3.48. The predicted molar refractivity (Wildman–Crippen MR) is 81.3 cm³/mol. The number of rotatable bonds is 3. The van der Waals surface area contributed by atoms with Crippen LogP contribution in [0.2, 0.25) is 0 Å². The molecule has 2 aliphatic rings. The second-order valence-corrected chi connectivity index (χ2v) is 4.54. The third-order valence-corrected chi connectivity index (χ3v) is 3.34. The summed E-state index contributed by atoms with van der Waals surface area (Å²) in [5.41, 5.74) is 1.38. The van der Waals surface area contributed by atoms with Gasteiger partial charge in [-0.3, -0.25) is 19.7 Å². The van der Waals surface area contributed by atoms with E-state index >= 15 is 0 Å². The zero-order chi connectivity index (χ0) is 16.0. The second-order valence-electron chi connectivity index (χ2n) is 4.54.